The molecule has 0 amide bonds. The van der Waals surface area contributed by atoms with E-state index in [4.69, 9.17) is 22.1 Å². The number of hydrogen-bond acceptors (Lipinski definition) is 2. The molecule has 20 heavy (non-hydrogen) atoms. The van der Waals surface area contributed by atoms with Crippen LogP contribution in [0.5, 0.6) is 5.75 Å². The highest BCUT2D eigenvalue weighted by Gasteiger charge is 2.10. The first-order valence-electron chi connectivity index (χ1n) is 7.01. The van der Waals surface area contributed by atoms with Crippen LogP contribution >= 0.6 is 11.6 Å². The molecule has 0 aliphatic heterocycles. The van der Waals surface area contributed by atoms with Crippen molar-refractivity contribution in [3.63, 3.8) is 0 Å². The van der Waals surface area contributed by atoms with Gasteiger partial charge in [0, 0.05) is 16.3 Å². The van der Waals surface area contributed by atoms with E-state index in [2.05, 4.69) is 18.2 Å². The average Bonchev–Trinajstić information content (AvgIpc) is 2.46. The first kappa shape index (κ1) is 13.3. The highest BCUT2D eigenvalue weighted by molar-refractivity contribution is 6.31. The SMILES string of the molecule is Nc1ccc(COc2ccc3c(c2)CCCC3)c(Cl)c1. The zero-order valence-corrected chi connectivity index (χ0v) is 12.1. The van der Waals surface area contributed by atoms with Crippen LogP contribution in [0.25, 0.3) is 0 Å². The zero-order valence-electron chi connectivity index (χ0n) is 11.4. The van der Waals surface area contributed by atoms with E-state index in [1.807, 2.05) is 12.1 Å². The maximum atomic E-state index is 6.15. The van der Waals surface area contributed by atoms with E-state index in [0.29, 0.717) is 17.3 Å². The number of nitrogens with two attached hydrogens (primary N) is 1. The quantitative estimate of drug-likeness (QED) is 0.850. The number of rotatable bonds is 3. The van der Waals surface area contributed by atoms with Gasteiger partial charge in [-0.25, -0.2) is 0 Å². The van der Waals surface area contributed by atoms with E-state index in [1.165, 1.54) is 30.4 Å². The Morgan fingerprint density at radius 3 is 2.60 bits per heavy atom. The summed E-state index contributed by atoms with van der Waals surface area (Å²) in [6.07, 6.45) is 4.93. The molecule has 0 atom stereocenters. The van der Waals surface area contributed by atoms with Crippen molar-refractivity contribution in [1.82, 2.24) is 0 Å². The van der Waals surface area contributed by atoms with Crippen molar-refractivity contribution in [2.45, 2.75) is 32.3 Å². The Morgan fingerprint density at radius 1 is 1.00 bits per heavy atom. The summed E-state index contributed by atoms with van der Waals surface area (Å²) in [6.45, 7) is 0.470. The number of ether oxygens (including phenoxy) is 1. The molecule has 0 unspecified atom stereocenters. The van der Waals surface area contributed by atoms with E-state index >= 15 is 0 Å². The molecule has 2 nitrogen and oxygen atoms in total. The molecule has 0 saturated carbocycles. The third kappa shape index (κ3) is 2.91. The standard InChI is InChI=1S/C17H18ClNO/c18-17-10-15(19)7-5-14(17)11-20-16-8-6-12-3-1-2-4-13(12)9-16/h5-10H,1-4,11,19H2. The minimum absolute atomic E-state index is 0.470. The summed E-state index contributed by atoms with van der Waals surface area (Å²) < 4.78 is 5.85. The normalized spacial score (nSPS) is 13.8. The van der Waals surface area contributed by atoms with Gasteiger partial charge < -0.3 is 10.5 Å². The van der Waals surface area contributed by atoms with Crippen LogP contribution < -0.4 is 10.5 Å². The fourth-order valence-corrected chi connectivity index (χ4v) is 2.88. The third-order valence-corrected chi connectivity index (χ3v) is 4.14. The molecule has 0 saturated heterocycles. The van der Waals surface area contributed by atoms with Gasteiger partial charge in [-0.2, -0.15) is 0 Å². The number of halogens is 1. The molecule has 3 rings (SSSR count). The Balaban J connectivity index is 1.72. The van der Waals surface area contributed by atoms with Crippen molar-refractivity contribution >= 4 is 17.3 Å². The molecular weight excluding hydrogens is 270 g/mol. The van der Waals surface area contributed by atoms with Gasteiger partial charge in [-0.15, -0.1) is 0 Å². The Labute approximate surface area is 124 Å². The average molecular weight is 288 g/mol. The number of anilines is 1. The lowest BCUT2D eigenvalue weighted by Crippen LogP contribution is -2.03. The van der Waals surface area contributed by atoms with Gasteiger partial charge in [0.25, 0.3) is 0 Å². The molecule has 2 aromatic rings. The fraction of sp³-hybridized carbons (Fsp3) is 0.294. The van der Waals surface area contributed by atoms with E-state index in [9.17, 15) is 0 Å². The van der Waals surface area contributed by atoms with Gasteiger partial charge >= 0.3 is 0 Å². The Hall–Kier alpha value is -1.67. The van der Waals surface area contributed by atoms with Gasteiger partial charge in [-0.3, -0.25) is 0 Å². The predicted molar refractivity (Wildman–Crippen MR) is 83.3 cm³/mol. The fourth-order valence-electron chi connectivity index (χ4n) is 2.64. The van der Waals surface area contributed by atoms with Crippen molar-refractivity contribution in [2.24, 2.45) is 0 Å². The van der Waals surface area contributed by atoms with E-state index < -0.39 is 0 Å². The first-order chi connectivity index (χ1) is 9.72. The Kier molecular flexibility index (Phi) is 3.83. The van der Waals surface area contributed by atoms with Crippen LogP contribution in [-0.2, 0) is 19.4 Å². The zero-order chi connectivity index (χ0) is 13.9. The van der Waals surface area contributed by atoms with E-state index in [-0.39, 0.29) is 0 Å². The van der Waals surface area contributed by atoms with Crippen LogP contribution in [0, 0.1) is 0 Å². The summed E-state index contributed by atoms with van der Waals surface area (Å²) >= 11 is 6.15. The molecular formula is C17H18ClNO. The van der Waals surface area contributed by atoms with Crippen molar-refractivity contribution in [2.75, 3.05) is 5.73 Å². The molecule has 1 aliphatic rings. The monoisotopic (exact) mass is 287 g/mol. The van der Waals surface area contributed by atoms with Crippen molar-refractivity contribution in [1.29, 1.82) is 0 Å². The Bertz CT molecular complexity index is 624. The van der Waals surface area contributed by atoms with Gasteiger partial charge in [-0.1, -0.05) is 23.7 Å². The minimum Gasteiger partial charge on any atom is -0.489 e. The van der Waals surface area contributed by atoms with Crippen LogP contribution in [0.2, 0.25) is 5.02 Å². The summed E-state index contributed by atoms with van der Waals surface area (Å²) in [7, 11) is 0. The lowest BCUT2D eigenvalue weighted by atomic mass is 9.92. The summed E-state index contributed by atoms with van der Waals surface area (Å²) in [5, 5.41) is 0.656. The second-order valence-electron chi connectivity index (χ2n) is 5.28. The topological polar surface area (TPSA) is 35.2 Å². The van der Waals surface area contributed by atoms with Crippen LogP contribution in [0.4, 0.5) is 5.69 Å². The number of hydrogen-bond donors (Lipinski definition) is 1. The van der Waals surface area contributed by atoms with Gasteiger partial charge in [0.05, 0.1) is 0 Å². The number of nitrogen functional groups attached to an aromatic ring is 1. The molecule has 0 aromatic heterocycles. The summed E-state index contributed by atoms with van der Waals surface area (Å²) in [5.74, 6) is 0.915. The molecule has 0 bridgehead atoms. The first-order valence-corrected chi connectivity index (χ1v) is 7.39. The molecule has 0 heterocycles. The summed E-state index contributed by atoms with van der Waals surface area (Å²) in [5.41, 5.74) is 10.2. The molecule has 0 radical (unpaired) electrons. The van der Waals surface area contributed by atoms with Crippen LogP contribution in [0.3, 0.4) is 0 Å². The predicted octanol–water partition coefficient (Wildman–Crippen LogP) is 4.38. The summed E-state index contributed by atoms with van der Waals surface area (Å²) in [4.78, 5) is 0. The highest BCUT2D eigenvalue weighted by atomic mass is 35.5. The lowest BCUT2D eigenvalue weighted by Gasteiger charge is -2.17. The second kappa shape index (κ2) is 5.76. The minimum atomic E-state index is 0.470. The van der Waals surface area contributed by atoms with E-state index in [1.54, 1.807) is 6.07 Å². The Morgan fingerprint density at radius 2 is 1.80 bits per heavy atom. The van der Waals surface area contributed by atoms with Crippen molar-refractivity contribution in [3.05, 3.63) is 58.1 Å². The number of benzene rings is 2. The van der Waals surface area contributed by atoms with Gasteiger partial charge in [0.1, 0.15) is 12.4 Å². The lowest BCUT2D eigenvalue weighted by molar-refractivity contribution is 0.306. The van der Waals surface area contributed by atoms with E-state index in [0.717, 1.165) is 17.7 Å². The molecule has 0 spiro atoms. The van der Waals surface area contributed by atoms with Crippen LogP contribution in [0.1, 0.15) is 29.5 Å². The maximum absolute atomic E-state index is 6.15. The smallest absolute Gasteiger partial charge is 0.120 e. The van der Waals surface area contributed by atoms with Gasteiger partial charge in [-0.05, 0) is 61.1 Å². The number of fused-ring (bicyclic) bond motifs is 1. The van der Waals surface area contributed by atoms with Gasteiger partial charge in [0.2, 0.25) is 0 Å². The highest BCUT2D eigenvalue weighted by Crippen LogP contribution is 2.26. The van der Waals surface area contributed by atoms with Crippen LogP contribution in [0.15, 0.2) is 36.4 Å². The molecule has 2 aromatic carbocycles. The molecule has 3 heteroatoms. The van der Waals surface area contributed by atoms with Crippen LogP contribution in [-0.4, -0.2) is 0 Å². The molecule has 1 aliphatic carbocycles. The molecule has 0 fully saturated rings. The van der Waals surface area contributed by atoms with Crippen molar-refractivity contribution in [3.8, 4) is 5.75 Å². The van der Waals surface area contributed by atoms with Gasteiger partial charge in [0.15, 0.2) is 0 Å². The largest absolute Gasteiger partial charge is 0.489 e. The second-order valence-corrected chi connectivity index (χ2v) is 5.68. The number of aryl methyl sites for hydroxylation is 2. The van der Waals surface area contributed by atoms with Crippen molar-refractivity contribution < 1.29 is 4.74 Å². The molecule has 104 valence electrons. The third-order valence-electron chi connectivity index (χ3n) is 3.79. The maximum Gasteiger partial charge on any atom is 0.120 e. The molecule has 2 N–H and O–H groups in total. The summed E-state index contributed by atoms with van der Waals surface area (Å²) in [6, 6.07) is 11.9.